The van der Waals surface area contributed by atoms with Crippen LogP contribution in [0.5, 0.6) is 0 Å². The highest BCUT2D eigenvalue weighted by Crippen LogP contribution is 2.30. The van der Waals surface area contributed by atoms with E-state index in [1.807, 2.05) is 0 Å². The van der Waals surface area contributed by atoms with Crippen molar-refractivity contribution >= 4 is 16.9 Å². The van der Waals surface area contributed by atoms with Crippen molar-refractivity contribution in [2.75, 3.05) is 5.32 Å². The molecule has 8 heteroatoms. The molecular weight excluding hydrogens is 307 g/mol. The number of hydrogen-bond donors (Lipinski definition) is 1. The van der Waals surface area contributed by atoms with Gasteiger partial charge in [-0.25, -0.2) is 9.97 Å². The number of hydrogen-bond acceptors (Lipinski definition) is 4. The standard InChI is InChI=1S/C15H14F3N5/c1-9-5-11(15(16,17)18)4-3-10(9)6-19-13-12-7-22-23(2)14(12)21-8-20-13/h3-5,7-8H,6H2,1-2H3,(H,19,20,21). The van der Waals surface area contributed by atoms with E-state index in [1.54, 1.807) is 24.9 Å². The SMILES string of the molecule is Cc1cc(C(F)(F)F)ccc1CNc1ncnc2c1cnn2C. The van der Waals surface area contributed by atoms with Crippen LogP contribution < -0.4 is 5.32 Å². The number of aromatic nitrogens is 4. The molecule has 0 spiro atoms. The average molecular weight is 321 g/mol. The molecule has 1 N–H and O–H groups in total. The third-order valence-corrected chi connectivity index (χ3v) is 3.65. The van der Waals surface area contributed by atoms with E-state index < -0.39 is 11.7 Å². The second-order valence-electron chi connectivity index (χ2n) is 5.22. The molecule has 23 heavy (non-hydrogen) atoms. The van der Waals surface area contributed by atoms with E-state index in [-0.39, 0.29) is 0 Å². The summed E-state index contributed by atoms with van der Waals surface area (Å²) < 4.78 is 39.7. The van der Waals surface area contributed by atoms with Gasteiger partial charge in [0.1, 0.15) is 12.1 Å². The lowest BCUT2D eigenvalue weighted by molar-refractivity contribution is -0.137. The van der Waals surface area contributed by atoms with Crippen molar-refractivity contribution in [3.63, 3.8) is 0 Å². The van der Waals surface area contributed by atoms with Crippen molar-refractivity contribution in [1.82, 2.24) is 19.7 Å². The third kappa shape index (κ3) is 2.96. The monoisotopic (exact) mass is 321 g/mol. The fourth-order valence-electron chi connectivity index (χ4n) is 2.35. The van der Waals surface area contributed by atoms with Crippen molar-refractivity contribution in [1.29, 1.82) is 0 Å². The molecule has 0 aliphatic carbocycles. The maximum absolute atomic E-state index is 12.7. The first-order valence-electron chi connectivity index (χ1n) is 6.89. The van der Waals surface area contributed by atoms with Gasteiger partial charge in [0.05, 0.1) is 17.1 Å². The predicted octanol–water partition coefficient (Wildman–Crippen LogP) is 3.30. The smallest absolute Gasteiger partial charge is 0.365 e. The first kappa shape index (κ1) is 15.3. The summed E-state index contributed by atoms with van der Waals surface area (Å²) in [5.41, 5.74) is 1.39. The Labute approximate surface area is 130 Å². The maximum Gasteiger partial charge on any atom is 0.416 e. The number of aryl methyl sites for hydroxylation is 2. The molecule has 0 atom stereocenters. The van der Waals surface area contributed by atoms with Crippen LogP contribution >= 0.6 is 0 Å². The average Bonchev–Trinajstić information content (AvgIpc) is 2.87. The van der Waals surface area contributed by atoms with Gasteiger partial charge in [-0.15, -0.1) is 0 Å². The number of halogens is 3. The quantitative estimate of drug-likeness (QED) is 0.804. The van der Waals surface area contributed by atoms with E-state index in [0.717, 1.165) is 23.1 Å². The van der Waals surface area contributed by atoms with Gasteiger partial charge < -0.3 is 5.32 Å². The summed E-state index contributed by atoms with van der Waals surface area (Å²) >= 11 is 0. The molecule has 0 aliphatic heterocycles. The maximum atomic E-state index is 12.7. The van der Waals surface area contributed by atoms with Gasteiger partial charge in [0, 0.05) is 13.6 Å². The van der Waals surface area contributed by atoms with Gasteiger partial charge >= 0.3 is 6.18 Å². The van der Waals surface area contributed by atoms with E-state index in [1.165, 1.54) is 12.4 Å². The Kier molecular flexibility index (Phi) is 3.67. The second-order valence-corrected chi connectivity index (χ2v) is 5.22. The molecule has 0 bridgehead atoms. The first-order chi connectivity index (χ1) is 10.9. The molecule has 0 saturated heterocycles. The number of benzene rings is 1. The molecule has 2 aromatic heterocycles. The molecule has 120 valence electrons. The molecule has 5 nitrogen and oxygen atoms in total. The number of nitrogens with zero attached hydrogens (tertiary/aromatic N) is 4. The van der Waals surface area contributed by atoms with Gasteiger partial charge in [0.2, 0.25) is 0 Å². The summed E-state index contributed by atoms with van der Waals surface area (Å²) in [6, 6.07) is 3.72. The minimum atomic E-state index is -4.33. The van der Waals surface area contributed by atoms with Crippen molar-refractivity contribution in [2.45, 2.75) is 19.6 Å². The number of rotatable bonds is 3. The summed E-state index contributed by atoms with van der Waals surface area (Å²) in [6.45, 7) is 2.02. The Morgan fingerprint density at radius 2 is 2.00 bits per heavy atom. The lowest BCUT2D eigenvalue weighted by atomic mass is 10.0. The van der Waals surface area contributed by atoms with Crippen LogP contribution in [0.15, 0.2) is 30.7 Å². The molecule has 1 aromatic carbocycles. The fourth-order valence-corrected chi connectivity index (χ4v) is 2.35. The highest BCUT2D eigenvalue weighted by Gasteiger charge is 2.30. The Morgan fingerprint density at radius 3 is 2.70 bits per heavy atom. The van der Waals surface area contributed by atoms with E-state index in [0.29, 0.717) is 23.6 Å². The van der Waals surface area contributed by atoms with E-state index in [4.69, 9.17) is 0 Å². The van der Waals surface area contributed by atoms with Gasteiger partial charge in [0.15, 0.2) is 5.65 Å². The van der Waals surface area contributed by atoms with Crippen LogP contribution in [0.1, 0.15) is 16.7 Å². The zero-order valence-electron chi connectivity index (χ0n) is 12.5. The van der Waals surface area contributed by atoms with Gasteiger partial charge in [-0.1, -0.05) is 6.07 Å². The van der Waals surface area contributed by atoms with E-state index >= 15 is 0 Å². The first-order valence-corrected chi connectivity index (χ1v) is 6.89. The van der Waals surface area contributed by atoms with Gasteiger partial charge in [-0.05, 0) is 30.2 Å². The normalized spacial score (nSPS) is 11.9. The minimum Gasteiger partial charge on any atom is -0.365 e. The Bertz CT molecular complexity index is 854. The number of nitrogens with one attached hydrogen (secondary N) is 1. The van der Waals surface area contributed by atoms with Crippen LogP contribution in [0, 0.1) is 6.92 Å². The lowest BCUT2D eigenvalue weighted by Gasteiger charge is -2.12. The van der Waals surface area contributed by atoms with Gasteiger partial charge in [-0.3, -0.25) is 4.68 Å². The Morgan fingerprint density at radius 1 is 1.22 bits per heavy atom. The molecule has 3 rings (SSSR count). The van der Waals surface area contributed by atoms with Crippen molar-refractivity contribution in [2.24, 2.45) is 7.05 Å². The predicted molar refractivity (Wildman–Crippen MR) is 79.8 cm³/mol. The molecule has 0 saturated carbocycles. The van der Waals surface area contributed by atoms with Gasteiger partial charge in [-0.2, -0.15) is 18.3 Å². The summed E-state index contributed by atoms with van der Waals surface area (Å²) in [6.07, 6.45) is -1.26. The second kappa shape index (κ2) is 5.53. The molecule has 0 fully saturated rings. The van der Waals surface area contributed by atoms with Crippen LogP contribution in [-0.2, 0) is 19.8 Å². The van der Waals surface area contributed by atoms with Crippen LogP contribution in [0.3, 0.4) is 0 Å². The van der Waals surface area contributed by atoms with Crippen LogP contribution in [0.4, 0.5) is 19.0 Å². The highest BCUT2D eigenvalue weighted by atomic mass is 19.4. The number of anilines is 1. The molecule has 3 aromatic rings. The van der Waals surface area contributed by atoms with E-state index in [2.05, 4.69) is 20.4 Å². The zero-order chi connectivity index (χ0) is 16.6. The van der Waals surface area contributed by atoms with E-state index in [9.17, 15) is 13.2 Å². The van der Waals surface area contributed by atoms with Gasteiger partial charge in [0.25, 0.3) is 0 Å². The minimum absolute atomic E-state index is 0.366. The molecule has 0 unspecified atom stereocenters. The highest BCUT2D eigenvalue weighted by molar-refractivity contribution is 5.85. The summed E-state index contributed by atoms with van der Waals surface area (Å²) in [7, 11) is 1.78. The number of fused-ring (bicyclic) bond motifs is 1. The topological polar surface area (TPSA) is 55.6 Å². The molecular formula is C15H14F3N5. The summed E-state index contributed by atoms with van der Waals surface area (Å²) in [5, 5.41) is 8.01. The molecule has 0 aliphatic rings. The molecule has 0 amide bonds. The molecule has 2 heterocycles. The van der Waals surface area contributed by atoms with Crippen molar-refractivity contribution in [3.05, 3.63) is 47.4 Å². The third-order valence-electron chi connectivity index (χ3n) is 3.65. The van der Waals surface area contributed by atoms with Crippen molar-refractivity contribution < 1.29 is 13.2 Å². The van der Waals surface area contributed by atoms with Crippen LogP contribution in [-0.4, -0.2) is 19.7 Å². The summed E-state index contributed by atoms with van der Waals surface area (Å²) in [4.78, 5) is 8.30. The zero-order valence-corrected chi connectivity index (χ0v) is 12.5. The Hall–Kier alpha value is -2.64. The number of alkyl halides is 3. The summed E-state index contributed by atoms with van der Waals surface area (Å²) in [5.74, 6) is 0.599. The van der Waals surface area contributed by atoms with Crippen LogP contribution in [0.25, 0.3) is 11.0 Å². The van der Waals surface area contributed by atoms with Crippen LogP contribution in [0.2, 0.25) is 0 Å². The van der Waals surface area contributed by atoms with Crippen molar-refractivity contribution in [3.8, 4) is 0 Å². The molecule has 0 radical (unpaired) electrons. The largest absolute Gasteiger partial charge is 0.416 e. The lowest BCUT2D eigenvalue weighted by Crippen LogP contribution is -2.08. The Balaban J connectivity index is 1.83. The fraction of sp³-hybridized carbons (Fsp3) is 0.267.